The Morgan fingerprint density at radius 1 is 1.12 bits per heavy atom. The first-order chi connectivity index (χ1) is 20.6. The highest BCUT2D eigenvalue weighted by molar-refractivity contribution is 5.96. The number of hydrogen-bond acceptors (Lipinski definition) is 6. The molecular weight excluding hydrogens is 552 g/mol. The molecule has 11 heteroatoms. The molecule has 232 valence electrons. The van der Waals surface area contributed by atoms with E-state index in [0.717, 1.165) is 24.8 Å². The van der Waals surface area contributed by atoms with Crippen molar-refractivity contribution in [3.8, 4) is 0 Å². The van der Waals surface area contributed by atoms with E-state index < -0.39 is 47.6 Å². The first kappa shape index (κ1) is 30.6. The number of carboxylic acid groups (broad SMARTS) is 1. The summed E-state index contributed by atoms with van der Waals surface area (Å²) in [5.74, 6) is -3.08. The molecule has 1 aromatic carbocycles. The average Bonchev–Trinajstić information content (AvgIpc) is 3.52. The van der Waals surface area contributed by atoms with Gasteiger partial charge in [0.2, 0.25) is 17.7 Å². The third-order valence-corrected chi connectivity index (χ3v) is 9.12. The predicted octanol–water partition coefficient (Wildman–Crippen LogP) is 2.77. The Labute approximate surface area is 252 Å². The maximum absolute atomic E-state index is 14.0. The molecule has 1 aromatic rings. The van der Waals surface area contributed by atoms with E-state index in [2.05, 4.69) is 10.6 Å². The third-order valence-electron chi connectivity index (χ3n) is 9.12. The van der Waals surface area contributed by atoms with Crippen LogP contribution in [0.15, 0.2) is 36.4 Å². The first-order valence-corrected chi connectivity index (χ1v) is 15.4. The number of carbonyl (C=O) groups is 5. The van der Waals surface area contributed by atoms with Crippen LogP contribution in [0.5, 0.6) is 0 Å². The smallest absolute Gasteiger partial charge is 0.410 e. The second-order valence-corrected chi connectivity index (χ2v) is 12.5. The van der Waals surface area contributed by atoms with Gasteiger partial charge in [-0.25, -0.2) is 9.59 Å². The maximum Gasteiger partial charge on any atom is 0.410 e. The summed E-state index contributed by atoms with van der Waals surface area (Å²) in [6, 6.07) is 6.04. The van der Waals surface area contributed by atoms with E-state index in [9.17, 15) is 29.1 Å². The quantitative estimate of drug-likeness (QED) is 0.455. The lowest BCUT2D eigenvalue weighted by Crippen LogP contribution is -2.56. The fourth-order valence-corrected chi connectivity index (χ4v) is 6.35. The number of carbonyl (C=O) groups excluding carboxylic acids is 4. The zero-order chi connectivity index (χ0) is 30.7. The largest absolute Gasteiger partial charge is 0.479 e. The summed E-state index contributed by atoms with van der Waals surface area (Å²) in [6.45, 7) is 4.38. The van der Waals surface area contributed by atoms with Crippen molar-refractivity contribution in [2.75, 3.05) is 13.1 Å². The fourth-order valence-electron chi connectivity index (χ4n) is 6.35. The van der Waals surface area contributed by atoms with Gasteiger partial charge in [0, 0.05) is 31.3 Å². The molecule has 0 bridgehead atoms. The van der Waals surface area contributed by atoms with Crippen molar-refractivity contribution in [1.82, 2.24) is 20.4 Å². The number of nitrogens with zero attached hydrogens (tertiary/aromatic N) is 2. The van der Waals surface area contributed by atoms with Gasteiger partial charge < -0.3 is 30.3 Å². The standard InChI is InChI=1S/C32H42N4O7/c1-20(2)27(37)33-25-13-7-5-3-4-6-12-23-17-32(23,30(40)41)34-28(38)26-16-24(19-36(26)29(25)39)43-31(42)35-15-14-21-10-8-9-11-22(21)18-35/h6,8-12,20,23-26H,3-5,7,13-19H2,1-2H3,(H,33,37)(H,34,38)(H,40,41)/b12-6-/t23-,24+,25-,26-,32+/m0/s1. The highest BCUT2D eigenvalue weighted by atomic mass is 16.6. The zero-order valence-electron chi connectivity index (χ0n) is 24.9. The Morgan fingerprint density at radius 3 is 2.63 bits per heavy atom. The molecule has 3 heterocycles. The monoisotopic (exact) mass is 594 g/mol. The summed E-state index contributed by atoms with van der Waals surface area (Å²) in [7, 11) is 0. The second-order valence-electron chi connectivity index (χ2n) is 12.5. The summed E-state index contributed by atoms with van der Waals surface area (Å²) in [6.07, 6.45) is 7.11. The van der Waals surface area contributed by atoms with Crippen LogP contribution in [0.2, 0.25) is 0 Å². The Bertz CT molecular complexity index is 1300. The summed E-state index contributed by atoms with van der Waals surface area (Å²) >= 11 is 0. The highest BCUT2D eigenvalue weighted by Gasteiger charge is 2.61. The van der Waals surface area contributed by atoms with Gasteiger partial charge in [0.1, 0.15) is 23.7 Å². The number of hydrogen-bond donors (Lipinski definition) is 3. The normalized spacial score (nSPS) is 30.1. The molecule has 3 aliphatic heterocycles. The molecule has 1 saturated carbocycles. The minimum atomic E-state index is -1.43. The zero-order valence-corrected chi connectivity index (χ0v) is 24.9. The summed E-state index contributed by atoms with van der Waals surface area (Å²) in [4.78, 5) is 68.8. The van der Waals surface area contributed by atoms with Crippen molar-refractivity contribution < 1.29 is 33.8 Å². The third kappa shape index (κ3) is 6.70. The molecule has 4 aliphatic rings. The molecule has 0 radical (unpaired) electrons. The van der Waals surface area contributed by atoms with E-state index in [4.69, 9.17) is 4.74 Å². The molecule has 0 aromatic heterocycles. The van der Waals surface area contributed by atoms with Gasteiger partial charge >= 0.3 is 12.1 Å². The van der Waals surface area contributed by atoms with Gasteiger partial charge in [0.25, 0.3) is 0 Å². The van der Waals surface area contributed by atoms with Crippen LogP contribution in [0.1, 0.15) is 69.9 Å². The number of amides is 4. The van der Waals surface area contributed by atoms with Crippen LogP contribution < -0.4 is 10.6 Å². The summed E-state index contributed by atoms with van der Waals surface area (Å²) in [5, 5.41) is 15.6. The lowest BCUT2D eigenvalue weighted by atomic mass is 10.0. The Morgan fingerprint density at radius 2 is 1.88 bits per heavy atom. The summed E-state index contributed by atoms with van der Waals surface area (Å²) in [5.41, 5.74) is 0.815. The molecular formula is C32H42N4O7. The van der Waals surface area contributed by atoms with Crippen molar-refractivity contribution in [2.45, 2.75) is 95.5 Å². The van der Waals surface area contributed by atoms with Crippen molar-refractivity contribution in [2.24, 2.45) is 11.8 Å². The maximum atomic E-state index is 14.0. The second kappa shape index (κ2) is 12.8. The topological polar surface area (TPSA) is 145 Å². The van der Waals surface area contributed by atoms with E-state index in [1.54, 1.807) is 18.7 Å². The molecule has 1 aliphatic carbocycles. The van der Waals surface area contributed by atoms with E-state index in [1.807, 2.05) is 36.4 Å². The molecule has 5 atom stereocenters. The van der Waals surface area contributed by atoms with Gasteiger partial charge in [-0.1, -0.05) is 63.1 Å². The van der Waals surface area contributed by atoms with Gasteiger partial charge in [-0.15, -0.1) is 0 Å². The molecule has 11 nitrogen and oxygen atoms in total. The van der Waals surface area contributed by atoms with Gasteiger partial charge in [0.05, 0.1) is 6.54 Å². The van der Waals surface area contributed by atoms with Crippen LogP contribution >= 0.6 is 0 Å². The number of aliphatic carboxylic acids is 1. The number of carboxylic acids is 1. The Hall–Kier alpha value is -3.89. The van der Waals surface area contributed by atoms with Crippen molar-refractivity contribution in [1.29, 1.82) is 0 Å². The van der Waals surface area contributed by atoms with Crippen LogP contribution in [0.4, 0.5) is 4.79 Å². The number of fused-ring (bicyclic) bond motifs is 3. The Balaban J connectivity index is 1.36. The molecule has 1 saturated heterocycles. The summed E-state index contributed by atoms with van der Waals surface area (Å²) < 4.78 is 5.87. The van der Waals surface area contributed by atoms with Gasteiger partial charge in [-0.2, -0.15) is 0 Å². The van der Waals surface area contributed by atoms with Crippen molar-refractivity contribution in [3.05, 3.63) is 47.5 Å². The highest BCUT2D eigenvalue weighted by Crippen LogP contribution is 2.45. The SMILES string of the molecule is CC(C)C(=O)N[C@H]1CCCCC/C=C\[C@H]2C[C@@]2(C(=O)O)NC(=O)[C@@H]2C[C@@H](OC(=O)N3CCc4ccccc4C3)CN2C1=O. The molecule has 5 rings (SSSR count). The number of ether oxygens (including phenoxy) is 1. The van der Waals surface area contributed by atoms with E-state index in [0.29, 0.717) is 32.4 Å². The number of benzene rings is 1. The number of rotatable bonds is 4. The first-order valence-electron chi connectivity index (χ1n) is 15.4. The van der Waals surface area contributed by atoms with Crippen LogP contribution in [0, 0.1) is 11.8 Å². The minimum Gasteiger partial charge on any atom is -0.479 e. The van der Waals surface area contributed by atoms with Gasteiger partial charge in [-0.3, -0.25) is 14.4 Å². The van der Waals surface area contributed by atoms with E-state index in [-0.39, 0.29) is 37.1 Å². The van der Waals surface area contributed by atoms with Crippen molar-refractivity contribution >= 4 is 29.8 Å². The van der Waals surface area contributed by atoms with Gasteiger partial charge in [0.15, 0.2) is 0 Å². The molecule has 2 fully saturated rings. The molecule has 0 spiro atoms. The van der Waals surface area contributed by atoms with Gasteiger partial charge in [-0.05, 0) is 43.2 Å². The minimum absolute atomic E-state index is 0.0233. The Kier molecular flexibility index (Phi) is 9.08. The predicted molar refractivity (Wildman–Crippen MR) is 157 cm³/mol. The van der Waals surface area contributed by atoms with Crippen LogP contribution in [0.3, 0.4) is 0 Å². The fraction of sp³-hybridized carbons (Fsp3) is 0.594. The van der Waals surface area contributed by atoms with E-state index >= 15 is 0 Å². The van der Waals surface area contributed by atoms with Crippen LogP contribution in [-0.4, -0.2) is 81.5 Å². The molecule has 43 heavy (non-hydrogen) atoms. The molecule has 4 amide bonds. The molecule has 0 unspecified atom stereocenters. The number of nitrogens with one attached hydrogen (secondary N) is 2. The lowest BCUT2D eigenvalue weighted by molar-refractivity contribution is -0.146. The van der Waals surface area contributed by atoms with E-state index in [1.165, 1.54) is 10.5 Å². The molecule has 3 N–H and O–H groups in total. The lowest BCUT2D eigenvalue weighted by Gasteiger charge is -2.30. The van der Waals surface area contributed by atoms with Crippen LogP contribution in [0.25, 0.3) is 0 Å². The van der Waals surface area contributed by atoms with Crippen LogP contribution in [-0.2, 0) is 36.9 Å². The average molecular weight is 595 g/mol. The number of allylic oxidation sites excluding steroid dienone is 1. The van der Waals surface area contributed by atoms with Crippen molar-refractivity contribution in [3.63, 3.8) is 0 Å².